The number of hydrogen-bond acceptors (Lipinski definition) is 8. The molecule has 39 heavy (non-hydrogen) atoms. The van der Waals surface area contributed by atoms with Gasteiger partial charge in [-0.25, -0.2) is 0 Å². The molecule has 0 bridgehead atoms. The van der Waals surface area contributed by atoms with E-state index in [-0.39, 0.29) is 36.8 Å². The molecular weight excluding hydrogens is 500 g/mol. The zero-order valence-electron chi connectivity index (χ0n) is 22.3. The number of furan rings is 2. The highest BCUT2D eigenvalue weighted by Gasteiger charge is 2.36. The van der Waals surface area contributed by atoms with E-state index in [4.69, 9.17) is 13.6 Å². The summed E-state index contributed by atoms with van der Waals surface area (Å²) in [7, 11) is 1.59. The Morgan fingerprint density at radius 2 is 1.77 bits per heavy atom. The standard InChI is InChI=1S/C28H32N6O5/c1-18-8-14-23(38-18)26(28(36)29-21-6-4-5-7-21)33(16-20-10-12-22(37-3)13-11-20)25(35)17-34-31-27(30-32-34)24-15-9-19(2)39-24/h8-15,21,26H,4-7,16-17H2,1-3H3,(H,29,36). The van der Waals surface area contributed by atoms with E-state index >= 15 is 0 Å². The average Bonchev–Trinajstić information content (AvgIpc) is 3.74. The fraction of sp³-hybridized carbons (Fsp3) is 0.393. The lowest BCUT2D eigenvalue weighted by Gasteiger charge is -2.30. The third kappa shape index (κ3) is 6.19. The fourth-order valence-electron chi connectivity index (χ4n) is 4.80. The van der Waals surface area contributed by atoms with Gasteiger partial charge in [0.1, 0.15) is 29.6 Å². The third-order valence-corrected chi connectivity index (χ3v) is 6.81. The van der Waals surface area contributed by atoms with Gasteiger partial charge < -0.3 is 23.8 Å². The van der Waals surface area contributed by atoms with Crippen LogP contribution in [0, 0.1) is 13.8 Å². The monoisotopic (exact) mass is 532 g/mol. The molecule has 2 amide bonds. The molecule has 3 heterocycles. The largest absolute Gasteiger partial charge is 0.497 e. The van der Waals surface area contributed by atoms with Crippen molar-refractivity contribution in [1.29, 1.82) is 0 Å². The Bertz CT molecular complexity index is 1420. The molecule has 1 saturated carbocycles. The summed E-state index contributed by atoms with van der Waals surface area (Å²) >= 11 is 0. The van der Waals surface area contributed by atoms with E-state index in [1.165, 1.54) is 9.70 Å². The van der Waals surface area contributed by atoms with E-state index in [0.29, 0.717) is 28.8 Å². The van der Waals surface area contributed by atoms with Crippen molar-refractivity contribution in [3.8, 4) is 17.3 Å². The summed E-state index contributed by atoms with van der Waals surface area (Å²) in [4.78, 5) is 30.3. The first kappa shape index (κ1) is 26.2. The smallest absolute Gasteiger partial charge is 0.250 e. The number of aromatic nitrogens is 4. The molecule has 0 radical (unpaired) electrons. The van der Waals surface area contributed by atoms with Gasteiger partial charge in [0.2, 0.25) is 11.7 Å². The molecule has 0 spiro atoms. The Balaban J connectivity index is 1.45. The quantitative estimate of drug-likeness (QED) is 0.325. The lowest BCUT2D eigenvalue weighted by Crippen LogP contribution is -2.46. The van der Waals surface area contributed by atoms with Gasteiger partial charge in [-0.2, -0.15) is 4.80 Å². The van der Waals surface area contributed by atoms with Crippen LogP contribution < -0.4 is 10.1 Å². The van der Waals surface area contributed by atoms with Crippen LogP contribution in [0.2, 0.25) is 0 Å². The summed E-state index contributed by atoms with van der Waals surface area (Å²) in [5, 5.41) is 15.5. The highest BCUT2D eigenvalue weighted by molar-refractivity contribution is 5.88. The summed E-state index contributed by atoms with van der Waals surface area (Å²) in [5.41, 5.74) is 0.824. The van der Waals surface area contributed by atoms with Gasteiger partial charge in [0, 0.05) is 12.6 Å². The lowest BCUT2D eigenvalue weighted by atomic mass is 10.1. The van der Waals surface area contributed by atoms with Crippen molar-refractivity contribution in [2.75, 3.05) is 7.11 Å². The van der Waals surface area contributed by atoms with Crippen molar-refractivity contribution in [2.45, 2.75) is 64.7 Å². The van der Waals surface area contributed by atoms with E-state index in [2.05, 4.69) is 20.7 Å². The minimum atomic E-state index is -0.982. The number of benzene rings is 1. The Labute approximate surface area is 226 Å². The number of carbonyl (C=O) groups is 2. The topological polar surface area (TPSA) is 129 Å². The van der Waals surface area contributed by atoms with Crippen LogP contribution in [-0.4, -0.2) is 50.1 Å². The number of methoxy groups -OCH3 is 1. The Morgan fingerprint density at radius 1 is 1.05 bits per heavy atom. The first-order chi connectivity index (χ1) is 18.9. The molecule has 1 aromatic carbocycles. The molecule has 0 aliphatic heterocycles. The summed E-state index contributed by atoms with van der Waals surface area (Å²) in [6, 6.07) is 13.5. The van der Waals surface area contributed by atoms with Crippen LogP contribution in [0.4, 0.5) is 0 Å². The number of carbonyl (C=O) groups excluding carboxylic acids is 2. The Kier molecular flexibility index (Phi) is 7.76. The molecule has 1 N–H and O–H groups in total. The summed E-state index contributed by atoms with van der Waals surface area (Å²) in [6.45, 7) is 3.56. The average molecular weight is 533 g/mol. The number of rotatable bonds is 10. The number of nitrogens with one attached hydrogen (secondary N) is 1. The molecular formula is C28H32N6O5. The van der Waals surface area contributed by atoms with Crippen molar-refractivity contribution >= 4 is 11.8 Å². The maximum atomic E-state index is 13.9. The number of ether oxygens (including phenoxy) is 1. The van der Waals surface area contributed by atoms with Gasteiger partial charge in [0.25, 0.3) is 5.91 Å². The lowest BCUT2D eigenvalue weighted by molar-refractivity contribution is -0.143. The van der Waals surface area contributed by atoms with E-state index in [1.807, 2.05) is 38.1 Å². The SMILES string of the molecule is COc1ccc(CN(C(=O)Cn2nnc(-c3ccc(C)o3)n2)C(C(=O)NC2CCCC2)c2ccc(C)o2)cc1. The molecule has 1 aliphatic rings. The first-order valence-electron chi connectivity index (χ1n) is 13.0. The molecule has 204 valence electrons. The van der Waals surface area contributed by atoms with Gasteiger partial charge in [-0.15, -0.1) is 10.2 Å². The molecule has 0 saturated heterocycles. The predicted octanol–water partition coefficient (Wildman–Crippen LogP) is 3.98. The second-order valence-electron chi connectivity index (χ2n) is 9.76. The van der Waals surface area contributed by atoms with Crippen LogP contribution in [0.3, 0.4) is 0 Å². The van der Waals surface area contributed by atoms with Crippen LogP contribution in [0.15, 0.2) is 57.4 Å². The number of aryl methyl sites for hydroxylation is 2. The normalized spacial score (nSPS) is 14.3. The van der Waals surface area contributed by atoms with Crippen molar-refractivity contribution in [3.63, 3.8) is 0 Å². The van der Waals surface area contributed by atoms with Crippen molar-refractivity contribution in [1.82, 2.24) is 30.4 Å². The van der Waals surface area contributed by atoms with Crippen LogP contribution in [0.1, 0.15) is 54.6 Å². The van der Waals surface area contributed by atoms with Gasteiger partial charge in [-0.05, 0) is 73.9 Å². The summed E-state index contributed by atoms with van der Waals surface area (Å²) in [5.74, 6) is 2.53. The van der Waals surface area contributed by atoms with Gasteiger partial charge in [-0.3, -0.25) is 9.59 Å². The molecule has 1 fully saturated rings. The van der Waals surface area contributed by atoms with Crippen molar-refractivity contribution in [2.24, 2.45) is 0 Å². The highest BCUT2D eigenvalue weighted by atomic mass is 16.5. The van der Waals surface area contributed by atoms with Crippen LogP contribution in [0.5, 0.6) is 5.75 Å². The Morgan fingerprint density at radius 3 is 2.41 bits per heavy atom. The molecule has 11 nitrogen and oxygen atoms in total. The molecule has 1 atom stereocenters. The molecule has 1 unspecified atom stereocenters. The van der Waals surface area contributed by atoms with Gasteiger partial charge in [0.15, 0.2) is 11.8 Å². The van der Waals surface area contributed by atoms with Gasteiger partial charge in [0.05, 0.1) is 7.11 Å². The molecule has 11 heteroatoms. The second-order valence-corrected chi connectivity index (χ2v) is 9.76. The van der Waals surface area contributed by atoms with Gasteiger partial charge >= 0.3 is 0 Å². The second kappa shape index (κ2) is 11.5. The first-order valence-corrected chi connectivity index (χ1v) is 13.0. The highest BCUT2D eigenvalue weighted by Crippen LogP contribution is 2.28. The van der Waals surface area contributed by atoms with Crippen molar-refractivity contribution in [3.05, 3.63) is 71.4 Å². The fourth-order valence-corrected chi connectivity index (χ4v) is 4.80. The third-order valence-electron chi connectivity index (χ3n) is 6.81. The molecule has 5 rings (SSSR count). The minimum absolute atomic E-state index is 0.0743. The number of hydrogen-bond donors (Lipinski definition) is 1. The number of amides is 2. The van der Waals surface area contributed by atoms with Crippen molar-refractivity contribution < 1.29 is 23.2 Å². The molecule has 4 aromatic rings. The maximum absolute atomic E-state index is 13.9. The van der Waals surface area contributed by atoms with E-state index in [1.54, 1.807) is 31.4 Å². The van der Waals surface area contributed by atoms with E-state index in [9.17, 15) is 9.59 Å². The summed E-state index contributed by atoms with van der Waals surface area (Å²) in [6.07, 6.45) is 3.97. The van der Waals surface area contributed by atoms with Gasteiger partial charge in [-0.1, -0.05) is 25.0 Å². The van der Waals surface area contributed by atoms with Crippen LogP contribution in [-0.2, 0) is 22.7 Å². The minimum Gasteiger partial charge on any atom is -0.497 e. The number of tetrazole rings is 1. The van der Waals surface area contributed by atoms with Crippen LogP contribution >= 0.6 is 0 Å². The summed E-state index contributed by atoms with van der Waals surface area (Å²) < 4.78 is 16.8. The zero-order chi connectivity index (χ0) is 27.4. The zero-order valence-corrected chi connectivity index (χ0v) is 22.3. The molecule has 3 aromatic heterocycles. The predicted molar refractivity (Wildman–Crippen MR) is 140 cm³/mol. The number of nitrogens with zero attached hydrogens (tertiary/aromatic N) is 5. The van der Waals surface area contributed by atoms with Crippen LogP contribution in [0.25, 0.3) is 11.6 Å². The maximum Gasteiger partial charge on any atom is 0.250 e. The molecule has 1 aliphatic carbocycles. The van der Waals surface area contributed by atoms with E-state index < -0.39 is 6.04 Å². The Hall–Kier alpha value is -4.41. The van der Waals surface area contributed by atoms with E-state index in [0.717, 1.165) is 31.2 Å².